The predicted octanol–water partition coefficient (Wildman–Crippen LogP) is 3.47. The Labute approximate surface area is 203 Å². The van der Waals surface area contributed by atoms with Crippen molar-refractivity contribution in [2.45, 2.75) is 31.9 Å². The molecule has 2 aromatic rings. The van der Waals surface area contributed by atoms with Gasteiger partial charge in [0.1, 0.15) is 6.04 Å². The number of imide groups is 1. The number of ketones is 1. The van der Waals surface area contributed by atoms with Crippen LogP contribution in [0, 0.1) is 35.5 Å². The largest absolute Gasteiger partial charge is 0.453 e. The molecule has 2 saturated carbocycles. The van der Waals surface area contributed by atoms with Gasteiger partial charge >= 0.3 is 5.97 Å². The fraction of sp³-hybridized carbons (Fsp3) is 0.379. The summed E-state index contributed by atoms with van der Waals surface area (Å²) in [6.45, 7) is 1.53. The summed E-state index contributed by atoms with van der Waals surface area (Å²) in [4.78, 5) is 54.8. The SMILES string of the molecule is C[C@H](OC(=O)[C@@H](Cc1ccccc1)N1C(=O)[C@H]2[C@@H]3C=C[C@H]([C@@H]4C[C@H]34)[C@@H]2C1=O)C(=O)c1ccccc1. The van der Waals surface area contributed by atoms with Gasteiger partial charge in [0.05, 0.1) is 11.8 Å². The topological polar surface area (TPSA) is 80.8 Å². The van der Waals surface area contributed by atoms with E-state index in [4.69, 9.17) is 4.74 Å². The first-order valence-electron chi connectivity index (χ1n) is 12.3. The number of likely N-dealkylation sites (tertiary alicyclic amines) is 1. The van der Waals surface area contributed by atoms with Crippen LogP contribution < -0.4 is 0 Å². The van der Waals surface area contributed by atoms with E-state index < -0.39 is 30.0 Å². The predicted molar refractivity (Wildman–Crippen MR) is 127 cm³/mol. The standard InChI is InChI=1S/C29H27NO5/c1-16(26(31)18-10-6-3-7-11-18)35-29(34)23(14-17-8-4-2-5-9-17)30-27(32)24-19-12-13-20(22-15-21(19)22)25(24)28(30)33/h2-13,16,19-25H,14-15H2,1H3/t16-,19+,20+,21-,22+,23+,24-,25-/m0/s1. The van der Waals surface area contributed by atoms with Crippen molar-refractivity contribution in [3.8, 4) is 0 Å². The molecule has 35 heavy (non-hydrogen) atoms. The molecule has 0 unspecified atom stereocenters. The molecule has 7 rings (SSSR count). The fourth-order valence-electron chi connectivity index (χ4n) is 6.55. The maximum Gasteiger partial charge on any atom is 0.330 e. The first kappa shape index (κ1) is 22.0. The van der Waals surface area contributed by atoms with Crippen LogP contribution in [0.4, 0.5) is 0 Å². The Hall–Kier alpha value is -3.54. The summed E-state index contributed by atoms with van der Waals surface area (Å²) in [6.07, 6.45) is 4.41. The van der Waals surface area contributed by atoms with Gasteiger partial charge in [-0.05, 0) is 42.6 Å². The first-order chi connectivity index (χ1) is 17.0. The lowest BCUT2D eigenvalue weighted by Crippen LogP contribution is -2.49. The maximum atomic E-state index is 13.7. The van der Waals surface area contributed by atoms with Crippen molar-refractivity contribution in [2.24, 2.45) is 35.5 Å². The molecule has 0 spiro atoms. The monoisotopic (exact) mass is 469 g/mol. The number of carbonyl (C=O) groups is 4. The van der Waals surface area contributed by atoms with Crippen LogP contribution >= 0.6 is 0 Å². The van der Waals surface area contributed by atoms with Crippen LogP contribution in [0.3, 0.4) is 0 Å². The summed E-state index contributed by atoms with van der Waals surface area (Å²) in [7, 11) is 0. The van der Waals surface area contributed by atoms with Crippen molar-refractivity contribution in [1.82, 2.24) is 4.90 Å². The molecule has 178 valence electrons. The maximum absolute atomic E-state index is 13.7. The number of nitrogens with zero attached hydrogens (tertiary/aromatic N) is 1. The number of Topliss-reactive ketones (excluding diaryl/α,β-unsaturated/α-hetero) is 1. The fourth-order valence-corrected chi connectivity index (χ4v) is 6.55. The molecule has 6 nitrogen and oxygen atoms in total. The van der Waals surface area contributed by atoms with Crippen LogP contribution in [0.25, 0.3) is 0 Å². The van der Waals surface area contributed by atoms with E-state index in [-0.39, 0.29) is 35.9 Å². The van der Waals surface area contributed by atoms with Crippen LogP contribution in [0.2, 0.25) is 0 Å². The van der Waals surface area contributed by atoms with E-state index in [0.29, 0.717) is 17.4 Å². The van der Waals surface area contributed by atoms with E-state index in [1.165, 1.54) is 11.8 Å². The Morgan fingerprint density at radius 3 is 2.00 bits per heavy atom. The van der Waals surface area contributed by atoms with Crippen molar-refractivity contribution in [1.29, 1.82) is 0 Å². The van der Waals surface area contributed by atoms with Gasteiger partial charge in [-0.3, -0.25) is 19.3 Å². The second-order valence-electron chi connectivity index (χ2n) is 10.2. The minimum atomic E-state index is -1.11. The molecule has 8 atom stereocenters. The Morgan fingerprint density at radius 2 is 1.43 bits per heavy atom. The third-order valence-corrected chi connectivity index (χ3v) is 8.27. The van der Waals surface area contributed by atoms with Gasteiger partial charge < -0.3 is 4.74 Å². The molecule has 1 saturated heterocycles. The van der Waals surface area contributed by atoms with Crippen LogP contribution in [0.15, 0.2) is 72.8 Å². The molecular formula is C29H27NO5. The number of ether oxygens (including phenoxy) is 1. The van der Waals surface area contributed by atoms with E-state index in [0.717, 1.165) is 12.0 Å². The Bertz CT molecular complexity index is 1190. The second kappa shape index (κ2) is 8.29. The number of benzene rings is 2. The highest BCUT2D eigenvalue weighted by atomic mass is 16.5. The Balaban J connectivity index is 1.28. The first-order valence-corrected chi connectivity index (χ1v) is 12.3. The third-order valence-electron chi connectivity index (χ3n) is 8.27. The summed E-state index contributed by atoms with van der Waals surface area (Å²) in [5.41, 5.74) is 1.25. The number of allylic oxidation sites excluding steroid dienone is 2. The van der Waals surface area contributed by atoms with E-state index in [1.54, 1.807) is 30.3 Å². The van der Waals surface area contributed by atoms with Crippen LogP contribution in [-0.4, -0.2) is 40.6 Å². The number of rotatable bonds is 7. The summed E-state index contributed by atoms with van der Waals surface area (Å²) in [5.74, 6) is -1.28. The second-order valence-corrected chi connectivity index (χ2v) is 10.2. The quantitative estimate of drug-likeness (QED) is 0.269. The summed E-state index contributed by atoms with van der Waals surface area (Å²) in [5, 5.41) is 0. The molecule has 0 radical (unpaired) electrons. The molecule has 6 heteroatoms. The lowest BCUT2D eigenvalue weighted by Gasteiger charge is -2.37. The highest BCUT2D eigenvalue weighted by Gasteiger charge is 2.68. The average Bonchev–Trinajstić information content (AvgIpc) is 3.67. The van der Waals surface area contributed by atoms with Gasteiger partial charge in [0, 0.05) is 12.0 Å². The molecule has 1 heterocycles. The zero-order valence-electron chi connectivity index (χ0n) is 19.4. The van der Waals surface area contributed by atoms with Gasteiger partial charge in [-0.25, -0.2) is 4.79 Å². The van der Waals surface area contributed by atoms with Crippen molar-refractivity contribution < 1.29 is 23.9 Å². The summed E-state index contributed by atoms with van der Waals surface area (Å²) in [6, 6.07) is 16.8. The molecular weight excluding hydrogens is 442 g/mol. The average molecular weight is 470 g/mol. The molecule has 0 aromatic heterocycles. The smallest absolute Gasteiger partial charge is 0.330 e. The van der Waals surface area contributed by atoms with Gasteiger partial charge in [-0.15, -0.1) is 0 Å². The normalized spacial score (nSPS) is 31.5. The Kier molecular flexibility index (Phi) is 5.20. The highest BCUT2D eigenvalue weighted by Crippen LogP contribution is 2.65. The minimum absolute atomic E-state index is 0.0726. The molecule has 2 amide bonds. The molecule has 1 aliphatic heterocycles. The van der Waals surface area contributed by atoms with Crippen molar-refractivity contribution >= 4 is 23.6 Å². The van der Waals surface area contributed by atoms with Crippen LogP contribution in [0.1, 0.15) is 29.3 Å². The molecule has 5 aliphatic rings. The van der Waals surface area contributed by atoms with E-state index in [9.17, 15) is 19.2 Å². The number of carbonyl (C=O) groups excluding carboxylic acids is 4. The van der Waals surface area contributed by atoms with Gasteiger partial charge in [-0.1, -0.05) is 72.8 Å². The van der Waals surface area contributed by atoms with E-state index in [1.807, 2.05) is 30.3 Å². The van der Waals surface area contributed by atoms with Crippen molar-refractivity contribution in [2.75, 3.05) is 0 Å². The zero-order chi connectivity index (χ0) is 24.3. The van der Waals surface area contributed by atoms with Crippen molar-refractivity contribution in [3.63, 3.8) is 0 Å². The lowest BCUT2D eigenvalue weighted by molar-refractivity contribution is -0.160. The van der Waals surface area contributed by atoms with Crippen molar-refractivity contribution in [3.05, 3.63) is 83.9 Å². The molecule has 2 bridgehead atoms. The molecule has 0 N–H and O–H groups in total. The number of hydrogen-bond donors (Lipinski definition) is 0. The molecule has 2 aromatic carbocycles. The van der Waals surface area contributed by atoms with E-state index in [2.05, 4.69) is 12.2 Å². The van der Waals surface area contributed by atoms with Gasteiger partial charge in [0.15, 0.2) is 6.10 Å². The third kappa shape index (κ3) is 3.54. The van der Waals surface area contributed by atoms with Gasteiger partial charge in [0.2, 0.25) is 17.6 Å². The lowest BCUT2D eigenvalue weighted by atomic mass is 9.63. The number of amides is 2. The van der Waals surface area contributed by atoms with Crippen LogP contribution in [-0.2, 0) is 25.5 Å². The van der Waals surface area contributed by atoms with Gasteiger partial charge in [0.25, 0.3) is 0 Å². The molecule has 3 fully saturated rings. The highest BCUT2D eigenvalue weighted by molar-refractivity contribution is 6.09. The number of esters is 1. The van der Waals surface area contributed by atoms with Gasteiger partial charge in [-0.2, -0.15) is 0 Å². The minimum Gasteiger partial charge on any atom is -0.453 e. The van der Waals surface area contributed by atoms with Crippen LogP contribution in [0.5, 0.6) is 0 Å². The summed E-state index contributed by atoms with van der Waals surface area (Å²) >= 11 is 0. The molecule has 4 aliphatic carbocycles. The Morgan fingerprint density at radius 1 is 0.886 bits per heavy atom. The zero-order valence-corrected chi connectivity index (χ0v) is 19.4. The number of hydrogen-bond acceptors (Lipinski definition) is 5. The van der Waals surface area contributed by atoms with E-state index >= 15 is 0 Å². The summed E-state index contributed by atoms with van der Waals surface area (Å²) < 4.78 is 5.61.